The highest BCUT2D eigenvalue weighted by atomic mass is 16.5. The lowest BCUT2D eigenvalue weighted by Crippen LogP contribution is -2.42. The Morgan fingerprint density at radius 2 is 2.21 bits per heavy atom. The highest BCUT2D eigenvalue weighted by Crippen LogP contribution is 2.35. The molecule has 0 amide bonds. The number of nitriles is 1. The molecule has 0 spiro atoms. The van der Waals surface area contributed by atoms with E-state index in [2.05, 4.69) is 32.0 Å². The van der Waals surface area contributed by atoms with E-state index < -0.39 is 5.54 Å². The molecule has 2 rings (SSSR count). The van der Waals surface area contributed by atoms with Gasteiger partial charge in [-0.15, -0.1) is 0 Å². The van der Waals surface area contributed by atoms with Crippen LogP contribution in [0.5, 0.6) is 5.75 Å². The second-order valence-corrected chi connectivity index (χ2v) is 5.62. The van der Waals surface area contributed by atoms with Crippen molar-refractivity contribution in [3.8, 4) is 11.8 Å². The minimum absolute atomic E-state index is 0.268. The van der Waals surface area contributed by atoms with Crippen molar-refractivity contribution >= 4 is 0 Å². The van der Waals surface area contributed by atoms with Crippen LogP contribution in [0.2, 0.25) is 0 Å². The third kappa shape index (κ3) is 3.08. The number of ether oxygens (including phenoxy) is 1. The van der Waals surface area contributed by atoms with E-state index in [1.54, 1.807) is 0 Å². The molecule has 0 heterocycles. The lowest BCUT2D eigenvalue weighted by atomic mass is 9.87. The number of rotatable bonds is 4. The molecule has 1 fully saturated rings. The number of nitrogens with two attached hydrogens (primary N) is 1. The van der Waals surface area contributed by atoms with Crippen LogP contribution < -0.4 is 10.5 Å². The molecule has 3 nitrogen and oxygen atoms in total. The largest absolute Gasteiger partial charge is 0.494 e. The van der Waals surface area contributed by atoms with Crippen LogP contribution in [-0.2, 0) is 0 Å². The molecule has 0 bridgehead atoms. The summed E-state index contributed by atoms with van der Waals surface area (Å²) in [5.41, 5.74) is 7.99. The Morgan fingerprint density at radius 3 is 2.89 bits per heavy atom. The fourth-order valence-electron chi connectivity index (χ4n) is 2.77. The van der Waals surface area contributed by atoms with E-state index in [1.165, 1.54) is 11.1 Å². The van der Waals surface area contributed by atoms with Crippen LogP contribution in [0.25, 0.3) is 0 Å². The van der Waals surface area contributed by atoms with E-state index >= 15 is 0 Å². The lowest BCUT2D eigenvalue weighted by Gasteiger charge is -2.23. The summed E-state index contributed by atoms with van der Waals surface area (Å²) in [6, 6.07) is 8.41. The molecule has 2 atom stereocenters. The summed E-state index contributed by atoms with van der Waals surface area (Å²) < 4.78 is 5.78. The molecular formula is C16H22N2O. The smallest absolute Gasteiger partial charge is 0.119 e. The van der Waals surface area contributed by atoms with Crippen molar-refractivity contribution < 1.29 is 4.74 Å². The predicted molar refractivity (Wildman–Crippen MR) is 75.9 cm³/mol. The molecule has 19 heavy (non-hydrogen) atoms. The molecule has 2 N–H and O–H groups in total. The topological polar surface area (TPSA) is 59.0 Å². The van der Waals surface area contributed by atoms with Crippen LogP contribution in [-0.4, -0.2) is 12.1 Å². The van der Waals surface area contributed by atoms with Gasteiger partial charge in [-0.1, -0.05) is 12.5 Å². The average molecular weight is 258 g/mol. The summed E-state index contributed by atoms with van der Waals surface area (Å²) in [7, 11) is 0. The summed E-state index contributed by atoms with van der Waals surface area (Å²) in [5.74, 6) is 1.17. The molecule has 2 unspecified atom stereocenters. The van der Waals surface area contributed by atoms with Crippen molar-refractivity contribution in [2.45, 2.75) is 45.1 Å². The molecule has 1 aliphatic carbocycles. The summed E-state index contributed by atoms with van der Waals surface area (Å²) in [5, 5.41) is 9.16. The van der Waals surface area contributed by atoms with Crippen molar-refractivity contribution in [3.05, 3.63) is 29.3 Å². The number of hydrogen-bond donors (Lipinski definition) is 1. The van der Waals surface area contributed by atoms with Crippen molar-refractivity contribution in [1.29, 1.82) is 5.26 Å². The Bertz CT molecular complexity index is 492. The fourth-order valence-corrected chi connectivity index (χ4v) is 2.77. The maximum atomic E-state index is 9.16. The molecule has 3 heteroatoms. The Kier molecular flexibility index (Phi) is 4.11. The first-order valence-electron chi connectivity index (χ1n) is 6.95. The summed E-state index contributed by atoms with van der Waals surface area (Å²) in [6.45, 7) is 4.81. The Labute approximate surface area is 115 Å². The summed E-state index contributed by atoms with van der Waals surface area (Å²) >= 11 is 0. The van der Waals surface area contributed by atoms with Crippen molar-refractivity contribution in [2.24, 2.45) is 11.7 Å². The highest BCUT2D eigenvalue weighted by molar-refractivity contribution is 5.33. The normalized spacial score (nSPS) is 26.1. The third-order valence-electron chi connectivity index (χ3n) is 4.29. The zero-order chi connectivity index (χ0) is 13.9. The van der Waals surface area contributed by atoms with Gasteiger partial charge in [0.25, 0.3) is 0 Å². The van der Waals surface area contributed by atoms with Gasteiger partial charge in [-0.2, -0.15) is 5.26 Å². The molecule has 0 aromatic heterocycles. The SMILES string of the molecule is Cc1ccc(OCCC2CCCC2(N)C#N)cc1C. The average Bonchev–Trinajstić information content (AvgIpc) is 2.76. The van der Waals surface area contributed by atoms with E-state index in [0.29, 0.717) is 6.61 Å². The van der Waals surface area contributed by atoms with Gasteiger partial charge < -0.3 is 10.5 Å². The van der Waals surface area contributed by atoms with Gasteiger partial charge in [0.05, 0.1) is 12.7 Å². The molecule has 0 radical (unpaired) electrons. The van der Waals surface area contributed by atoms with Gasteiger partial charge in [0.2, 0.25) is 0 Å². The Hall–Kier alpha value is -1.53. The van der Waals surface area contributed by atoms with Crippen LogP contribution in [0.3, 0.4) is 0 Å². The van der Waals surface area contributed by atoms with Gasteiger partial charge in [-0.05, 0) is 62.3 Å². The van der Waals surface area contributed by atoms with Crippen LogP contribution in [0.4, 0.5) is 0 Å². The first kappa shape index (κ1) is 13.9. The van der Waals surface area contributed by atoms with Gasteiger partial charge in [-0.3, -0.25) is 0 Å². The van der Waals surface area contributed by atoms with Crippen molar-refractivity contribution in [2.75, 3.05) is 6.61 Å². The van der Waals surface area contributed by atoms with Gasteiger partial charge >= 0.3 is 0 Å². The van der Waals surface area contributed by atoms with Gasteiger partial charge in [0, 0.05) is 0 Å². The van der Waals surface area contributed by atoms with E-state index in [-0.39, 0.29) is 5.92 Å². The standard InChI is InChI=1S/C16H22N2O/c1-12-5-6-15(10-13(12)2)19-9-7-14-4-3-8-16(14,18)11-17/h5-6,10,14H,3-4,7-9,18H2,1-2H3. The molecule has 1 aromatic carbocycles. The molecule has 0 aliphatic heterocycles. The second-order valence-electron chi connectivity index (χ2n) is 5.62. The van der Waals surface area contributed by atoms with E-state index in [0.717, 1.165) is 31.4 Å². The maximum Gasteiger partial charge on any atom is 0.119 e. The number of nitrogens with zero attached hydrogens (tertiary/aromatic N) is 1. The Balaban J connectivity index is 1.87. The second kappa shape index (κ2) is 5.63. The van der Waals surface area contributed by atoms with Crippen LogP contribution in [0, 0.1) is 31.1 Å². The predicted octanol–water partition coefficient (Wildman–Crippen LogP) is 3.09. The molecule has 1 aliphatic rings. The van der Waals surface area contributed by atoms with E-state index in [9.17, 15) is 0 Å². The monoisotopic (exact) mass is 258 g/mol. The first-order valence-corrected chi connectivity index (χ1v) is 6.95. The minimum Gasteiger partial charge on any atom is -0.494 e. The number of aryl methyl sites for hydroxylation is 2. The van der Waals surface area contributed by atoms with Crippen LogP contribution >= 0.6 is 0 Å². The quantitative estimate of drug-likeness (QED) is 0.902. The molecule has 1 aromatic rings. The number of benzene rings is 1. The zero-order valence-electron chi connectivity index (χ0n) is 11.8. The van der Waals surface area contributed by atoms with Crippen molar-refractivity contribution in [3.63, 3.8) is 0 Å². The fraction of sp³-hybridized carbons (Fsp3) is 0.562. The highest BCUT2D eigenvalue weighted by Gasteiger charge is 2.39. The lowest BCUT2D eigenvalue weighted by molar-refractivity contribution is 0.254. The molecule has 0 saturated heterocycles. The Morgan fingerprint density at radius 1 is 1.42 bits per heavy atom. The summed E-state index contributed by atoms with van der Waals surface area (Å²) in [6.07, 6.45) is 3.77. The molecular weight excluding hydrogens is 236 g/mol. The van der Waals surface area contributed by atoms with Crippen LogP contribution in [0.1, 0.15) is 36.8 Å². The maximum absolute atomic E-state index is 9.16. The van der Waals surface area contributed by atoms with Crippen LogP contribution in [0.15, 0.2) is 18.2 Å². The molecule has 102 valence electrons. The van der Waals surface area contributed by atoms with Crippen molar-refractivity contribution in [1.82, 2.24) is 0 Å². The summed E-state index contributed by atoms with van der Waals surface area (Å²) in [4.78, 5) is 0. The number of hydrogen-bond acceptors (Lipinski definition) is 3. The first-order chi connectivity index (χ1) is 9.05. The van der Waals surface area contributed by atoms with Gasteiger partial charge in [-0.25, -0.2) is 0 Å². The van der Waals surface area contributed by atoms with Gasteiger partial charge in [0.1, 0.15) is 11.3 Å². The van der Waals surface area contributed by atoms with E-state index in [1.807, 2.05) is 6.07 Å². The third-order valence-corrected chi connectivity index (χ3v) is 4.29. The van der Waals surface area contributed by atoms with Gasteiger partial charge in [0.15, 0.2) is 0 Å². The molecule has 1 saturated carbocycles. The van der Waals surface area contributed by atoms with E-state index in [4.69, 9.17) is 15.7 Å². The zero-order valence-corrected chi connectivity index (χ0v) is 11.8. The minimum atomic E-state index is -0.632.